The van der Waals surface area contributed by atoms with Gasteiger partial charge in [-0.2, -0.15) is 0 Å². The summed E-state index contributed by atoms with van der Waals surface area (Å²) in [5, 5.41) is 9.18. The number of anilines is 3. The molecule has 3 N–H and O–H groups in total. The highest BCUT2D eigenvalue weighted by Gasteiger charge is 2.13. The quantitative estimate of drug-likeness (QED) is 0.578. The Balaban J connectivity index is 1.81. The van der Waals surface area contributed by atoms with E-state index in [2.05, 4.69) is 20.9 Å². The number of carbonyl (C=O) groups excluding carboxylic acids is 2. The molecule has 0 aliphatic rings. The van der Waals surface area contributed by atoms with Crippen molar-refractivity contribution in [3.8, 4) is 5.75 Å². The number of urea groups is 1. The van der Waals surface area contributed by atoms with Crippen molar-refractivity contribution in [2.24, 2.45) is 0 Å². The minimum absolute atomic E-state index is 0.206. The number of nitrogens with zero attached hydrogens (tertiary/aromatic N) is 1. The van der Waals surface area contributed by atoms with Crippen molar-refractivity contribution in [2.45, 2.75) is 13.8 Å². The van der Waals surface area contributed by atoms with Crippen molar-refractivity contribution in [3.05, 3.63) is 40.9 Å². The van der Waals surface area contributed by atoms with E-state index in [0.717, 1.165) is 10.3 Å². The number of methoxy groups -OCH3 is 1. The standard InChI is InChI=1S/C18H17ClN4O3S/c1-9-4-5-11(6-13(9)19)21-17(25)22-12-7-14(26-3)16-15(8-12)27-18(23-16)20-10(2)24/h4-8H,1-3H3,(H,20,23,24)(H2,21,22,25). The molecule has 1 aromatic heterocycles. The van der Waals surface area contributed by atoms with Crippen molar-refractivity contribution < 1.29 is 14.3 Å². The van der Waals surface area contributed by atoms with Crippen molar-refractivity contribution in [1.82, 2.24) is 4.98 Å². The zero-order valence-corrected chi connectivity index (χ0v) is 16.4. The Labute approximate surface area is 164 Å². The van der Waals surface area contributed by atoms with Crippen molar-refractivity contribution in [3.63, 3.8) is 0 Å². The summed E-state index contributed by atoms with van der Waals surface area (Å²) in [5.74, 6) is 0.288. The molecule has 0 bridgehead atoms. The summed E-state index contributed by atoms with van der Waals surface area (Å²) in [5.41, 5.74) is 2.66. The van der Waals surface area contributed by atoms with E-state index in [1.807, 2.05) is 13.0 Å². The van der Waals surface area contributed by atoms with Crippen LogP contribution >= 0.6 is 22.9 Å². The van der Waals surface area contributed by atoms with E-state index in [1.54, 1.807) is 24.3 Å². The molecule has 0 unspecified atom stereocenters. The van der Waals surface area contributed by atoms with Crippen LogP contribution in [0.25, 0.3) is 10.2 Å². The molecule has 0 aliphatic heterocycles. The number of thiazole rings is 1. The third-order valence-electron chi connectivity index (χ3n) is 3.65. The molecule has 3 aromatic rings. The SMILES string of the molecule is COc1cc(NC(=O)Nc2ccc(C)c(Cl)c2)cc2sc(NC(C)=O)nc12. The number of rotatable bonds is 4. The second-order valence-corrected chi connectivity index (χ2v) is 7.21. The van der Waals surface area contributed by atoms with Crippen LogP contribution in [0, 0.1) is 6.92 Å². The van der Waals surface area contributed by atoms with Crippen LogP contribution in [-0.2, 0) is 4.79 Å². The molecule has 1 heterocycles. The maximum atomic E-state index is 12.3. The Kier molecular flexibility index (Phi) is 5.48. The number of carbonyl (C=O) groups is 2. The lowest BCUT2D eigenvalue weighted by molar-refractivity contribution is -0.114. The molecule has 27 heavy (non-hydrogen) atoms. The molecule has 0 saturated heterocycles. The van der Waals surface area contributed by atoms with Gasteiger partial charge >= 0.3 is 6.03 Å². The third-order valence-corrected chi connectivity index (χ3v) is 4.98. The van der Waals surface area contributed by atoms with Crippen LogP contribution in [0.4, 0.5) is 21.3 Å². The summed E-state index contributed by atoms with van der Waals surface area (Å²) in [7, 11) is 1.52. The van der Waals surface area contributed by atoms with Gasteiger partial charge in [-0.25, -0.2) is 9.78 Å². The molecule has 0 fully saturated rings. The van der Waals surface area contributed by atoms with Gasteiger partial charge in [-0.05, 0) is 30.7 Å². The van der Waals surface area contributed by atoms with E-state index in [4.69, 9.17) is 16.3 Å². The van der Waals surface area contributed by atoms with Crippen molar-refractivity contribution in [2.75, 3.05) is 23.1 Å². The van der Waals surface area contributed by atoms with Crippen LogP contribution in [0.3, 0.4) is 0 Å². The number of aryl methyl sites for hydroxylation is 1. The average molecular weight is 405 g/mol. The summed E-state index contributed by atoms with van der Waals surface area (Å²) in [6.45, 7) is 3.30. The van der Waals surface area contributed by atoms with Gasteiger partial charge in [0.25, 0.3) is 0 Å². The molecule has 0 aliphatic carbocycles. The first-order valence-electron chi connectivity index (χ1n) is 7.96. The van der Waals surface area contributed by atoms with Gasteiger partial charge < -0.3 is 20.7 Å². The fourth-order valence-electron chi connectivity index (χ4n) is 2.39. The van der Waals surface area contributed by atoms with Crippen molar-refractivity contribution >= 4 is 61.6 Å². The van der Waals surface area contributed by atoms with Gasteiger partial charge in [0.1, 0.15) is 11.3 Å². The van der Waals surface area contributed by atoms with Crippen LogP contribution in [0.5, 0.6) is 5.75 Å². The van der Waals surface area contributed by atoms with Gasteiger partial charge in [0.2, 0.25) is 5.91 Å². The summed E-state index contributed by atoms with van der Waals surface area (Å²) in [4.78, 5) is 27.9. The fraction of sp³-hybridized carbons (Fsp3) is 0.167. The number of aromatic nitrogens is 1. The van der Waals surface area contributed by atoms with Crippen LogP contribution in [0.2, 0.25) is 5.02 Å². The van der Waals surface area contributed by atoms with E-state index in [1.165, 1.54) is 25.4 Å². The van der Waals surface area contributed by atoms with Crippen molar-refractivity contribution in [1.29, 1.82) is 0 Å². The van der Waals surface area contributed by atoms with Gasteiger partial charge in [0.05, 0.1) is 11.8 Å². The minimum Gasteiger partial charge on any atom is -0.494 e. The Morgan fingerprint density at radius 1 is 1.11 bits per heavy atom. The molecule has 3 amide bonds. The largest absolute Gasteiger partial charge is 0.494 e. The number of benzene rings is 2. The number of hydrogen-bond acceptors (Lipinski definition) is 5. The molecular formula is C18H17ClN4O3S. The predicted octanol–water partition coefficient (Wildman–Crippen LogP) is 4.87. The number of nitrogens with one attached hydrogen (secondary N) is 3. The lowest BCUT2D eigenvalue weighted by atomic mass is 10.2. The molecule has 3 rings (SSSR count). The maximum Gasteiger partial charge on any atom is 0.323 e. The normalized spacial score (nSPS) is 10.5. The molecular weight excluding hydrogens is 388 g/mol. The van der Waals surface area contributed by atoms with Crippen LogP contribution in [-0.4, -0.2) is 24.0 Å². The second kappa shape index (κ2) is 7.81. The number of amides is 3. The third kappa shape index (κ3) is 4.47. The van der Waals surface area contributed by atoms with Gasteiger partial charge in [-0.1, -0.05) is 29.0 Å². The lowest BCUT2D eigenvalue weighted by Crippen LogP contribution is -2.19. The maximum absolute atomic E-state index is 12.3. The first-order valence-corrected chi connectivity index (χ1v) is 9.15. The monoisotopic (exact) mass is 404 g/mol. The highest BCUT2D eigenvalue weighted by molar-refractivity contribution is 7.22. The number of fused-ring (bicyclic) bond motifs is 1. The minimum atomic E-state index is -0.414. The van der Waals surface area contributed by atoms with E-state index in [0.29, 0.717) is 32.8 Å². The summed E-state index contributed by atoms with van der Waals surface area (Å²) >= 11 is 7.37. The molecule has 0 spiro atoms. The molecule has 7 nitrogen and oxygen atoms in total. The zero-order valence-electron chi connectivity index (χ0n) is 14.8. The van der Waals surface area contributed by atoms with E-state index in [9.17, 15) is 9.59 Å². The van der Waals surface area contributed by atoms with Gasteiger partial charge in [-0.3, -0.25) is 4.79 Å². The number of hydrogen-bond donors (Lipinski definition) is 3. The van der Waals surface area contributed by atoms with Crippen LogP contribution in [0.1, 0.15) is 12.5 Å². The predicted molar refractivity (Wildman–Crippen MR) is 109 cm³/mol. The fourth-order valence-corrected chi connectivity index (χ4v) is 3.54. The highest BCUT2D eigenvalue weighted by Crippen LogP contribution is 2.35. The van der Waals surface area contributed by atoms with E-state index >= 15 is 0 Å². The average Bonchev–Trinajstić information content (AvgIpc) is 2.98. The summed E-state index contributed by atoms with van der Waals surface area (Å²) in [6.07, 6.45) is 0. The second-order valence-electron chi connectivity index (χ2n) is 5.77. The molecule has 2 aromatic carbocycles. The Hall–Kier alpha value is -2.84. The Morgan fingerprint density at radius 2 is 1.85 bits per heavy atom. The molecule has 0 atom stereocenters. The smallest absolute Gasteiger partial charge is 0.323 e. The van der Waals surface area contributed by atoms with Crippen LogP contribution in [0.15, 0.2) is 30.3 Å². The van der Waals surface area contributed by atoms with E-state index in [-0.39, 0.29) is 5.91 Å². The first-order chi connectivity index (χ1) is 12.9. The van der Waals surface area contributed by atoms with Gasteiger partial charge in [0.15, 0.2) is 5.13 Å². The number of halogens is 1. The molecule has 140 valence electrons. The van der Waals surface area contributed by atoms with E-state index < -0.39 is 6.03 Å². The highest BCUT2D eigenvalue weighted by atomic mass is 35.5. The molecule has 0 radical (unpaired) electrons. The van der Waals surface area contributed by atoms with Gasteiger partial charge in [-0.15, -0.1) is 0 Å². The zero-order chi connectivity index (χ0) is 19.6. The Bertz CT molecular complexity index is 1030. The molecule has 0 saturated carbocycles. The lowest BCUT2D eigenvalue weighted by Gasteiger charge is -2.10. The van der Waals surface area contributed by atoms with Crippen LogP contribution < -0.4 is 20.7 Å². The Morgan fingerprint density at radius 3 is 2.52 bits per heavy atom. The number of ether oxygens (including phenoxy) is 1. The van der Waals surface area contributed by atoms with Gasteiger partial charge in [0, 0.05) is 29.4 Å². The molecule has 9 heteroatoms. The summed E-state index contributed by atoms with van der Waals surface area (Å²) in [6, 6.07) is 8.30. The topological polar surface area (TPSA) is 92.4 Å². The first kappa shape index (κ1) is 18.9. The summed E-state index contributed by atoms with van der Waals surface area (Å²) < 4.78 is 6.13.